The lowest BCUT2D eigenvalue weighted by Gasteiger charge is -2.27. The van der Waals surface area contributed by atoms with E-state index in [1.165, 1.54) is 14.1 Å². The topological polar surface area (TPSA) is 95.9 Å². The Labute approximate surface area is 157 Å². The van der Waals surface area contributed by atoms with Crippen molar-refractivity contribution in [3.05, 3.63) is 71.8 Å². The molecule has 0 heterocycles. The summed E-state index contributed by atoms with van der Waals surface area (Å²) in [7, 11) is 2.88. The molecule has 0 unspecified atom stereocenters. The highest BCUT2D eigenvalue weighted by atomic mass is 16.6. The molecule has 0 aliphatic rings. The maximum absolute atomic E-state index is 12.7. The van der Waals surface area contributed by atoms with Gasteiger partial charge in [0.1, 0.15) is 0 Å². The predicted octanol–water partition coefficient (Wildman–Crippen LogP) is 0.670. The van der Waals surface area contributed by atoms with Crippen LogP contribution in [0.15, 0.2) is 60.7 Å². The molecule has 0 saturated heterocycles. The molecule has 0 aliphatic carbocycles. The molecule has 0 fully saturated rings. The summed E-state index contributed by atoms with van der Waals surface area (Å²) >= 11 is 0. The number of aliphatic hydroxyl groups is 1. The lowest BCUT2D eigenvalue weighted by Crippen LogP contribution is -2.42. The monoisotopic (exact) mass is 370 g/mol. The molecule has 0 bridgehead atoms. The highest BCUT2D eigenvalue weighted by Gasteiger charge is 2.41. The summed E-state index contributed by atoms with van der Waals surface area (Å²) in [4.78, 5) is 37.3. The van der Waals surface area contributed by atoms with Crippen molar-refractivity contribution in [1.29, 1.82) is 0 Å². The van der Waals surface area contributed by atoms with Crippen LogP contribution in [0, 0.1) is 0 Å². The number of hydrogen-bond acceptors (Lipinski definition) is 5. The first-order valence-electron chi connectivity index (χ1n) is 8.34. The van der Waals surface area contributed by atoms with Gasteiger partial charge in [0.2, 0.25) is 11.5 Å². The van der Waals surface area contributed by atoms with E-state index < -0.39 is 24.1 Å². The quantitative estimate of drug-likeness (QED) is 0.699. The van der Waals surface area contributed by atoms with Gasteiger partial charge < -0.3 is 20.1 Å². The number of carbonyl (C=O) groups excluding carboxylic acids is 3. The Balaban J connectivity index is 2.19. The maximum Gasteiger partial charge on any atom is 0.348 e. The Bertz CT molecular complexity index is 753. The molecular formula is C20H22N2O5. The summed E-state index contributed by atoms with van der Waals surface area (Å²) in [5.41, 5.74) is -1.40. The van der Waals surface area contributed by atoms with Crippen LogP contribution in [-0.2, 0) is 24.7 Å². The molecule has 0 radical (unpaired) electrons. The number of nitrogens with zero attached hydrogens (tertiary/aromatic N) is 1. The van der Waals surface area contributed by atoms with Gasteiger partial charge in [-0.1, -0.05) is 60.7 Å². The number of nitrogens with one attached hydrogen (secondary N) is 1. The largest absolute Gasteiger partial charge is 0.453 e. The minimum Gasteiger partial charge on any atom is -0.453 e. The fourth-order valence-corrected chi connectivity index (χ4v) is 2.49. The van der Waals surface area contributed by atoms with Crippen molar-refractivity contribution in [2.75, 3.05) is 27.2 Å². The Morgan fingerprint density at radius 3 is 1.93 bits per heavy atom. The van der Waals surface area contributed by atoms with Crippen LogP contribution in [-0.4, -0.2) is 55.0 Å². The van der Waals surface area contributed by atoms with Crippen molar-refractivity contribution >= 4 is 17.8 Å². The van der Waals surface area contributed by atoms with E-state index in [1.807, 2.05) is 0 Å². The van der Waals surface area contributed by atoms with E-state index in [2.05, 4.69) is 5.32 Å². The Hall–Kier alpha value is -3.19. The number of likely N-dealkylation sites (N-methyl/N-ethyl adjacent to an activating group) is 2. The third-order valence-electron chi connectivity index (χ3n) is 4.09. The average Bonchev–Trinajstić information content (AvgIpc) is 2.72. The van der Waals surface area contributed by atoms with Crippen molar-refractivity contribution in [2.24, 2.45) is 0 Å². The van der Waals surface area contributed by atoms with Gasteiger partial charge in [-0.15, -0.1) is 0 Å². The Morgan fingerprint density at radius 2 is 1.48 bits per heavy atom. The second kappa shape index (κ2) is 8.95. The van der Waals surface area contributed by atoms with E-state index in [0.717, 1.165) is 4.90 Å². The van der Waals surface area contributed by atoms with Crippen LogP contribution in [0.4, 0.5) is 0 Å². The van der Waals surface area contributed by atoms with E-state index in [1.54, 1.807) is 60.7 Å². The van der Waals surface area contributed by atoms with Gasteiger partial charge in [0.15, 0.2) is 6.61 Å². The predicted molar refractivity (Wildman–Crippen MR) is 98.5 cm³/mol. The van der Waals surface area contributed by atoms with Gasteiger partial charge in [0, 0.05) is 14.1 Å². The fourth-order valence-electron chi connectivity index (χ4n) is 2.49. The van der Waals surface area contributed by atoms with Crippen LogP contribution < -0.4 is 5.32 Å². The molecule has 0 saturated carbocycles. The number of amides is 2. The van der Waals surface area contributed by atoms with E-state index in [0.29, 0.717) is 11.1 Å². The summed E-state index contributed by atoms with van der Waals surface area (Å²) in [5.74, 6) is -1.88. The Morgan fingerprint density at radius 1 is 1.00 bits per heavy atom. The first-order valence-corrected chi connectivity index (χ1v) is 8.34. The van der Waals surface area contributed by atoms with Gasteiger partial charge in [-0.2, -0.15) is 0 Å². The average molecular weight is 370 g/mol. The standard InChI is InChI=1S/C20H22N2O5/c1-21-17(23)13-22(2)18(24)14-27-19(25)20(26,15-9-5-3-6-10-15)16-11-7-4-8-12-16/h3-12,26H,13-14H2,1-2H3,(H,21,23). The highest BCUT2D eigenvalue weighted by molar-refractivity contribution is 5.89. The maximum atomic E-state index is 12.7. The lowest BCUT2D eigenvalue weighted by molar-refractivity contribution is -0.166. The summed E-state index contributed by atoms with van der Waals surface area (Å²) in [6.07, 6.45) is 0. The van der Waals surface area contributed by atoms with Crippen molar-refractivity contribution in [3.8, 4) is 0 Å². The molecule has 2 aromatic rings. The fraction of sp³-hybridized carbons (Fsp3) is 0.250. The van der Waals surface area contributed by atoms with Crippen LogP contribution >= 0.6 is 0 Å². The minimum atomic E-state index is -2.05. The lowest BCUT2D eigenvalue weighted by atomic mass is 9.86. The zero-order valence-corrected chi connectivity index (χ0v) is 15.2. The van der Waals surface area contributed by atoms with E-state index in [4.69, 9.17) is 4.74 Å². The van der Waals surface area contributed by atoms with Crippen LogP contribution in [0.1, 0.15) is 11.1 Å². The number of carbonyl (C=O) groups is 3. The zero-order chi connectivity index (χ0) is 19.9. The zero-order valence-electron chi connectivity index (χ0n) is 15.2. The van der Waals surface area contributed by atoms with Crippen LogP contribution in [0.3, 0.4) is 0 Å². The molecule has 2 amide bonds. The van der Waals surface area contributed by atoms with Crippen molar-refractivity contribution in [3.63, 3.8) is 0 Å². The highest BCUT2D eigenvalue weighted by Crippen LogP contribution is 2.30. The van der Waals surface area contributed by atoms with Crippen molar-refractivity contribution in [2.45, 2.75) is 5.60 Å². The number of rotatable bonds is 7. The van der Waals surface area contributed by atoms with Gasteiger partial charge in [-0.3, -0.25) is 9.59 Å². The normalized spacial score (nSPS) is 10.8. The molecule has 2 aromatic carbocycles. The molecule has 0 atom stereocenters. The van der Waals surface area contributed by atoms with E-state index in [-0.39, 0.29) is 12.5 Å². The number of benzene rings is 2. The second-order valence-electron chi connectivity index (χ2n) is 5.94. The van der Waals surface area contributed by atoms with Gasteiger partial charge in [-0.05, 0) is 11.1 Å². The molecular weight excluding hydrogens is 348 g/mol. The van der Waals surface area contributed by atoms with Gasteiger partial charge in [0.05, 0.1) is 6.54 Å². The van der Waals surface area contributed by atoms with E-state index in [9.17, 15) is 19.5 Å². The molecule has 2 N–H and O–H groups in total. The Kier molecular flexibility index (Phi) is 6.67. The van der Waals surface area contributed by atoms with Crippen molar-refractivity contribution in [1.82, 2.24) is 10.2 Å². The van der Waals surface area contributed by atoms with Crippen LogP contribution in [0.25, 0.3) is 0 Å². The summed E-state index contributed by atoms with van der Waals surface area (Å²) in [6, 6.07) is 16.7. The first-order chi connectivity index (χ1) is 12.9. The summed E-state index contributed by atoms with van der Waals surface area (Å²) in [5, 5.41) is 13.6. The smallest absolute Gasteiger partial charge is 0.348 e. The molecule has 7 nitrogen and oxygen atoms in total. The first kappa shape index (κ1) is 20.1. The van der Waals surface area contributed by atoms with Gasteiger partial charge >= 0.3 is 5.97 Å². The molecule has 0 aliphatic heterocycles. The minimum absolute atomic E-state index is 0.158. The third-order valence-corrected chi connectivity index (χ3v) is 4.09. The molecule has 0 aromatic heterocycles. The van der Waals surface area contributed by atoms with Crippen LogP contribution in [0.5, 0.6) is 0 Å². The molecule has 142 valence electrons. The molecule has 0 spiro atoms. The van der Waals surface area contributed by atoms with Gasteiger partial charge in [0.25, 0.3) is 5.91 Å². The molecule has 7 heteroatoms. The van der Waals surface area contributed by atoms with Crippen LogP contribution in [0.2, 0.25) is 0 Å². The summed E-state index contributed by atoms with van der Waals surface area (Å²) in [6.45, 7) is -0.747. The van der Waals surface area contributed by atoms with Crippen molar-refractivity contribution < 1.29 is 24.2 Å². The van der Waals surface area contributed by atoms with Gasteiger partial charge in [-0.25, -0.2) is 4.79 Å². The molecule has 27 heavy (non-hydrogen) atoms. The van der Waals surface area contributed by atoms with E-state index >= 15 is 0 Å². The summed E-state index contributed by atoms with van der Waals surface area (Å²) < 4.78 is 5.10. The third kappa shape index (κ3) is 4.71. The SMILES string of the molecule is CNC(=O)CN(C)C(=O)COC(=O)C(O)(c1ccccc1)c1ccccc1. The number of ether oxygens (including phenoxy) is 1. The number of esters is 1. The molecule has 2 rings (SSSR count). The number of hydrogen-bond donors (Lipinski definition) is 2. The second-order valence-corrected chi connectivity index (χ2v) is 5.94.